The predicted octanol–water partition coefficient (Wildman–Crippen LogP) is 3.04. The van der Waals surface area contributed by atoms with Crippen molar-refractivity contribution in [2.24, 2.45) is 5.92 Å². The molecule has 160 valence electrons. The Kier molecular flexibility index (Phi) is 5.92. The van der Waals surface area contributed by atoms with Crippen LogP contribution in [0.3, 0.4) is 0 Å². The third kappa shape index (κ3) is 3.75. The molecule has 0 amide bonds. The van der Waals surface area contributed by atoms with E-state index in [9.17, 15) is 9.90 Å². The molecule has 1 N–H and O–H groups in total. The van der Waals surface area contributed by atoms with Gasteiger partial charge in [-0.25, -0.2) is 4.98 Å². The van der Waals surface area contributed by atoms with Gasteiger partial charge in [0.25, 0.3) is 0 Å². The van der Waals surface area contributed by atoms with Crippen molar-refractivity contribution in [2.75, 3.05) is 27.3 Å². The van der Waals surface area contributed by atoms with Gasteiger partial charge < -0.3 is 14.6 Å². The van der Waals surface area contributed by atoms with Crippen molar-refractivity contribution in [3.05, 3.63) is 40.5 Å². The number of likely N-dealkylation sites (tertiary alicyclic amines) is 1. The van der Waals surface area contributed by atoms with E-state index in [2.05, 4.69) is 15.0 Å². The molecule has 1 saturated heterocycles. The number of hydrogen-bond acceptors (Lipinski definition) is 8. The lowest BCUT2D eigenvalue weighted by atomic mass is 9.93. The fraction of sp³-hybridized carbons (Fsp3) is 0.476. The maximum absolute atomic E-state index is 11.9. The van der Waals surface area contributed by atoms with Gasteiger partial charge in [-0.2, -0.15) is 4.52 Å². The van der Waals surface area contributed by atoms with Gasteiger partial charge in [-0.1, -0.05) is 30.4 Å². The molecular formula is C21H26N4O4S. The van der Waals surface area contributed by atoms with Crippen LogP contribution in [0.15, 0.2) is 24.3 Å². The molecule has 3 heterocycles. The minimum atomic E-state index is -0.183. The summed E-state index contributed by atoms with van der Waals surface area (Å²) in [6.07, 6.45) is 2.15. The van der Waals surface area contributed by atoms with Crippen molar-refractivity contribution >= 4 is 22.3 Å². The normalized spacial score (nSPS) is 16.6. The van der Waals surface area contributed by atoms with Crippen LogP contribution in [0.2, 0.25) is 0 Å². The van der Waals surface area contributed by atoms with Crippen LogP contribution in [0.4, 0.5) is 0 Å². The van der Waals surface area contributed by atoms with Crippen molar-refractivity contribution in [1.29, 1.82) is 0 Å². The Labute approximate surface area is 179 Å². The summed E-state index contributed by atoms with van der Waals surface area (Å²) in [5.41, 5.74) is 1.02. The van der Waals surface area contributed by atoms with Crippen LogP contribution in [0.25, 0.3) is 4.96 Å². The molecule has 1 unspecified atom stereocenters. The van der Waals surface area contributed by atoms with Crippen molar-refractivity contribution in [3.8, 4) is 11.6 Å². The van der Waals surface area contributed by atoms with Gasteiger partial charge in [0.1, 0.15) is 5.75 Å². The number of ether oxygens (including phenoxy) is 2. The van der Waals surface area contributed by atoms with Gasteiger partial charge in [0.2, 0.25) is 10.8 Å². The molecule has 1 fully saturated rings. The topological polar surface area (TPSA) is 89.2 Å². The molecule has 0 bridgehead atoms. The first-order chi connectivity index (χ1) is 14.5. The van der Waals surface area contributed by atoms with Gasteiger partial charge in [0.05, 0.1) is 31.1 Å². The van der Waals surface area contributed by atoms with E-state index in [1.807, 2.05) is 31.2 Å². The molecule has 0 aliphatic carbocycles. The minimum Gasteiger partial charge on any atom is -0.497 e. The molecule has 2 aromatic heterocycles. The van der Waals surface area contributed by atoms with E-state index in [1.54, 1.807) is 7.11 Å². The largest absolute Gasteiger partial charge is 0.497 e. The van der Waals surface area contributed by atoms with Gasteiger partial charge >= 0.3 is 5.97 Å². The molecule has 0 radical (unpaired) electrons. The van der Waals surface area contributed by atoms with Crippen LogP contribution in [-0.2, 0) is 16.0 Å². The van der Waals surface area contributed by atoms with Crippen molar-refractivity contribution in [1.82, 2.24) is 19.5 Å². The Bertz CT molecular complexity index is 1040. The first-order valence-electron chi connectivity index (χ1n) is 10.1. The molecule has 1 aliphatic rings. The third-order valence-electron chi connectivity index (χ3n) is 5.65. The second kappa shape index (κ2) is 8.61. The van der Waals surface area contributed by atoms with E-state index in [0.29, 0.717) is 30.0 Å². The lowest BCUT2D eigenvalue weighted by Gasteiger charge is -2.36. The number of carbonyl (C=O) groups excluding carboxylic acids is 1. The number of hydrogen-bond donors (Lipinski definition) is 1. The quantitative estimate of drug-likeness (QED) is 0.601. The molecule has 3 aromatic rings. The Morgan fingerprint density at radius 1 is 1.33 bits per heavy atom. The highest BCUT2D eigenvalue weighted by Gasteiger charge is 2.34. The summed E-state index contributed by atoms with van der Waals surface area (Å²) >= 11 is 1.45. The van der Waals surface area contributed by atoms with Crippen LogP contribution >= 0.6 is 11.3 Å². The van der Waals surface area contributed by atoms with Crippen molar-refractivity contribution in [2.45, 2.75) is 32.2 Å². The molecule has 4 rings (SSSR count). The zero-order valence-electron chi connectivity index (χ0n) is 17.4. The number of nitrogens with zero attached hydrogens (tertiary/aromatic N) is 4. The fourth-order valence-corrected chi connectivity index (χ4v) is 5.15. The smallest absolute Gasteiger partial charge is 0.308 e. The Hall–Kier alpha value is -2.65. The standard InChI is InChI=1S/C21H26N4O4S/c1-4-16-22-21-25(23-16)19(26)18(30-21)17(14-6-5-7-15(12-14)28-2)24-10-8-13(9-11-24)20(27)29-3/h5-7,12-13,17,26H,4,8-11H2,1-3H3. The number of piperidine rings is 1. The van der Waals surface area contributed by atoms with Crippen LogP contribution in [0.5, 0.6) is 11.6 Å². The van der Waals surface area contributed by atoms with Gasteiger partial charge in [0, 0.05) is 6.42 Å². The highest BCUT2D eigenvalue weighted by Crippen LogP contribution is 2.42. The van der Waals surface area contributed by atoms with E-state index >= 15 is 0 Å². The average molecular weight is 431 g/mol. The Morgan fingerprint density at radius 3 is 2.73 bits per heavy atom. The first kappa shape index (κ1) is 20.6. The van der Waals surface area contributed by atoms with Crippen LogP contribution in [-0.4, -0.2) is 57.9 Å². The Morgan fingerprint density at radius 2 is 2.10 bits per heavy atom. The molecule has 30 heavy (non-hydrogen) atoms. The number of aryl methyl sites for hydroxylation is 1. The van der Waals surface area contributed by atoms with E-state index in [-0.39, 0.29) is 23.8 Å². The molecular weight excluding hydrogens is 404 g/mol. The number of aromatic nitrogens is 3. The average Bonchev–Trinajstić information content (AvgIpc) is 3.33. The van der Waals surface area contributed by atoms with E-state index in [1.165, 1.54) is 23.0 Å². The fourth-order valence-electron chi connectivity index (χ4n) is 4.02. The summed E-state index contributed by atoms with van der Waals surface area (Å²) < 4.78 is 11.9. The third-order valence-corrected chi connectivity index (χ3v) is 6.72. The van der Waals surface area contributed by atoms with Crippen LogP contribution < -0.4 is 4.74 Å². The van der Waals surface area contributed by atoms with Gasteiger partial charge in [-0.05, 0) is 43.6 Å². The summed E-state index contributed by atoms with van der Waals surface area (Å²) in [6.45, 7) is 3.42. The molecule has 1 aromatic carbocycles. The number of methoxy groups -OCH3 is 2. The van der Waals surface area contributed by atoms with Gasteiger partial charge in [-0.15, -0.1) is 5.10 Å². The summed E-state index contributed by atoms with van der Waals surface area (Å²) in [5.74, 6) is 1.35. The van der Waals surface area contributed by atoms with Crippen molar-refractivity contribution in [3.63, 3.8) is 0 Å². The number of benzene rings is 1. The summed E-state index contributed by atoms with van der Waals surface area (Å²) in [4.78, 5) is 20.2. The first-order valence-corrected chi connectivity index (χ1v) is 10.9. The maximum atomic E-state index is 11.9. The summed E-state index contributed by atoms with van der Waals surface area (Å²) in [6, 6.07) is 7.69. The lowest BCUT2D eigenvalue weighted by molar-refractivity contribution is -0.147. The highest BCUT2D eigenvalue weighted by atomic mass is 32.1. The zero-order chi connectivity index (χ0) is 21.3. The molecule has 1 aliphatic heterocycles. The second-order valence-corrected chi connectivity index (χ2v) is 8.39. The number of carbonyl (C=O) groups is 1. The summed E-state index contributed by atoms with van der Waals surface area (Å²) in [7, 11) is 3.08. The van der Waals surface area contributed by atoms with Crippen LogP contribution in [0.1, 0.15) is 42.1 Å². The SMILES string of the molecule is CCc1nc2sc(C(c3cccc(OC)c3)N3CCC(C(=O)OC)CC3)c(O)n2n1. The highest BCUT2D eigenvalue weighted by molar-refractivity contribution is 7.17. The zero-order valence-corrected chi connectivity index (χ0v) is 18.2. The molecule has 0 spiro atoms. The lowest BCUT2D eigenvalue weighted by Crippen LogP contribution is -2.39. The summed E-state index contributed by atoms with van der Waals surface area (Å²) in [5, 5.41) is 15.4. The van der Waals surface area contributed by atoms with E-state index < -0.39 is 0 Å². The predicted molar refractivity (Wildman–Crippen MR) is 113 cm³/mol. The molecule has 1 atom stereocenters. The number of rotatable bonds is 6. The molecule has 0 saturated carbocycles. The van der Waals surface area contributed by atoms with Crippen LogP contribution in [0, 0.1) is 5.92 Å². The van der Waals surface area contributed by atoms with Gasteiger partial charge in [-0.3, -0.25) is 9.69 Å². The maximum Gasteiger partial charge on any atom is 0.308 e. The minimum absolute atomic E-state index is 0.0831. The molecule has 8 nitrogen and oxygen atoms in total. The number of aromatic hydroxyl groups is 1. The van der Waals surface area contributed by atoms with Crippen molar-refractivity contribution < 1.29 is 19.4 Å². The Balaban J connectivity index is 1.72. The monoisotopic (exact) mass is 430 g/mol. The second-order valence-electron chi connectivity index (χ2n) is 7.38. The number of thiazole rings is 1. The molecule has 9 heteroatoms. The van der Waals surface area contributed by atoms with E-state index in [0.717, 1.165) is 29.3 Å². The number of esters is 1. The van der Waals surface area contributed by atoms with Gasteiger partial charge in [0.15, 0.2) is 5.82 Å². The number of fused-ring (bicyclic) bond motifs is 1. The van der Waals surface area contributed by atoms with E-state index in [4.69, 9.17) is 9.47 Å².